The molecule has 0 amide bonds. The molecule has 0 fully saturated rings. The number of hydrogen-bond donors (Lipinski definition) is 1. The maximum atomic E-state index is 11.8. The summed E-state index contributed by atoms with van der Waals surface area (Å²) in [5.41, 5.74) is 6.92. The van der Waals surface area contributed by atoms with Gasteiger partial charge in [-0.2, -0.15) is 13.2 Å². The van der Waals surface area contributed by atoms with Crippen LogP contribution in [0.4, 0.5) is 13.2 Å². The van der Waals surface area contributed by atoms with Gasteiger partial charge in [0, 0.05) is 5.56 Å². The highest BCUT2D eigenvalue weighted by atomic mass is 19.4. The molecule has 0 heterocycles. The number of halogens is 3. The summed E-state index contributed by atoms with van der Waals surface area (Å²) in [6, 6.07) is 5.01. The molecule has 0 saturated heterocycles. The Balaban J connectivity index is 2.50. The van der Waals surface area contributed by atoms with Crippen LogP contribution in [0.15, 0.2) is 18.2 Å². The Bertz CT molecular complexity index is 475. The molecule has 1 aromatic carbocycles. The highest BCUT2D eigenvalue weighted by Crippen LogP contribution is 2.18. The third-order valence-corrected chi connectivity index (χ3v) is 2.10. The lowest BCUT2D eigenvalue weighted by molar-refractivity contribution is -0.186. The average Bonchev–Trinajstić information content (AvgIpc) is 2.32. The molecule has 0 saturated carbocycles. The van der Waals surface area contributed by atoms with Gasteiger partial charge in [0.1, 0.15) is 12.4 Å². The first kappa shape index (κ1) is 15.3. The maximum Gasteiger partial charge on any atom is 0.411 e. The standard InChI is InChI=1S/C13H14F3NO2/c1-10-7-12(5-4-11(10)3-2-6-17)19-9-18-8-13(14,15)16/h4-5,7H,6,8-9,17H2,1H3. The van der Waals surface area contributed by atoms with Gasteiger partial charge >= 0.3 is 6.18 Å². The van der Waals surface area contributed by atoms with E-state index in [1.807, 2.05) is 6.92 Å². The molecule has 0 bridgehead atoms. The summed E-state index contributed by atoms with van der Waals surface area (Å²) >= 11 is 0. The molecule has 104 valence electrons. The minimum atomic E-state index is -4.35. The molecular formula is C13H14F3NO2. The fraction of sp³-hybridized carbons (Fsp3) is 0.385. The average molecular weight is 273 g/mol. The molecular weight excluding hydrogens is 259 g/mol. The number of aryl methyl sites for hydroxylation is 1. The first-order chi connectivity index (χ1) is 8.92. The number of benzene rings is 1. The first-order valence-corrected chi connectivity index (χ1v) is 5.49. The van der Waals surface area contributed by atoms with Crippen LogP contribution in [0.25, 0.3) is 0 Å². The van der Waals surface area contributed by atoms with Gasteiger partial charge < -0.3 is 15.2 Å². The van der Waals surface area contributed by atoms with Crippen molar-refractivity contribution >= 4 is 0 Å². The lowest BCUT2D eigenvalue weighted by atomic mass is 10.1. The largest absolute Gasteiger partial charge is 0.468 e. The molecule has 19 heavy (non-hydrogen) atoms. The van der Waals surface area contributed by atoms with Crippen molar-refractivity contribution in [2.45, 2.75) is 13.1 Å². The number of hydrogen-bond acceptors (Lipinski definition) is 3. The molecule has 0 spiro atoms. The van der Waals surface area contributed by atoms with E-state index in [-0.39, 0.29) is 6.54 Å². The van der Waals surface area contributed by atoms with E-state index in [9.17, 15) is 13.2 Å². The van der Waals surface area contributed by atoms with Crippen molar-refractivity contribution in [3.8, 4) is 17.6 Å². The van der Waals surface area contributed by atoms with Crippen LogP contribution in [-0.4, -0.2) is 26.1 Å². The van der Waals surface area contributed by atoms with Gasteiger partial charge in [0.05, 0.1) is 6.54 Å². The molecule has 2 N–H and O–H groups in total. The summed E-state index contributed by atoms with van der Waals surface area (Å²) in [6.45, 7) is 0.311. The van der Waals surface area contributed by atoms with Crippen LogP contribution in [0.5, 0.6) is 5.75 Å². The van der Waals surface area contributed by atoms with Gasteiger partial charge in [-0.15, -0.1) is 0 Å². The molecule has 0 aliphatic heterocycles. The number of rotatable bonds is 4. The van der Waals surface area contributed by atoms with E-state index in [0.29, 0.717) is 5.75 Å². The quantitative estimate of drug-likeness (QED) is 0.520. The molecule has 1 rings (SSSR count). The zero-order valence-corrected chi connectivity index (χ0v) is 10.4. The van der Waals surface area contributed by atoms with E-state index < -0.39 is 19.6 Å². The number of ether oxygens (including phenoxy) is 2. The van der Waals surface area contributed by atoms with Crippen molar-refractivity contribution in [1.82, 2.24) is 0 Å². The zero-order chi connectivity index (χ0) is 14.3. The summed E-state index contributed by atoms with van der Waals surface area (Å²) < 4.78 is 44.8. The van der Waals surface area contributed by atoms with Gasteiger partial charge in [0.15, 0.2) is 6.79 Å². The lowest BCUT2D eigenvalue weighted by Crippen LogP contribution is -2.19. The van der Waals surface area contributed by atoms with Gasteiger partial charge in [-0.05, 0) is 30.7 Å². The molecule has 0 unspecified atom stereocenters. The van der Waals surface area contributed by atoms with Crippen molar-refractivity contribution < 1.29 is 22.6 Å². The molecule has 3 nitrogen and oxygen atoms in total. The number of alkyl halides is 3. The Labute approximate surface area is 109 Å². The summed E-state index contributed by atoms with van der Waals surface area (Å²) in [7, 11) is 0. The van der Waals surface area contributed by atoms with E-state index in [1.165, 1.54) is 0 Å². The zero-order valence-electron chi connectivity index (χ0n) is 10.4. The molecule has 0 aromatic heterocycles. The van der Waals surface area contributed by atoms with Crippen LogP contribution in [0.2, 0.25) is 0 Å². The third-order valence-electron chi connectivity index (χ3n) is 2.10. The van der Waals surface area contributed by atoms with Crippen LogP contribution >= 0.6 is 0 Å². The van der Waals surface area contributed by atoms with Crippen LogP contribution in [0.1, 0.15) is 11.1 Å². The minimum absolute atomic E-state index is 0.267. The highest BCUT2D eigenvalue weighted by Gasteiger charge is 2.27. The van der Waals surface area contributed by atoms with Gasteiger partial charge in [-0.3, -0.25) is 0 Å². The Morgan fingerprint density at radius 2 is 2.05 bits per heavy atom. The predicted molar refractivity (Wildman–Crippen MR) is 64.6 cm³/mol. The fourth-order valence-corrected chi connectivity index (χ4v) is 1.28. The predicted octanol–water partition coefficient (Wildman–Crippen LogP) is 2.22. The van der Waals surface area contributed by atoms with Crippen LogP contribution < -0.4 is 10.5 Å². The van der Waals surface area contributed by atoms with Gasteiger partial charge in [0.2, 0.25) is 0 Å². The first-order valence-electron chi connectivity index (χ1n) is 5.49. The van der Waals surface area contributed by atoms with Gasteiger partial charge in [0.25, 0.3) is 0 Å². The van der Waals surface area contributed by atoms with E-state index in [0.717, 1.165) is 11.1 Å². The van der Waals surface area contributed by atoms with E-state index in [2.05, 4.69) is 16.6 Å². The lowest BCUT2D eigenvalue weighted by Gasteiger charge is -2.10. The Kier molecular flexibility index (Phi) is 5.67. The molecule has 6 heteroatoms. The summed E-state index contributed by atoms with van der Waals surface area (Å²) in [6.07, 6.45) is -4.35. The normalized spacial score (nSPS) is 10.8. The molecule has 0 atom stereocenters. The highest BCUT2D eigenvalue weighted by molar-refractivity contribution is 5.44. The van der Waals surface area contributed by atoms with Gasteiger partial charge in [-0.25, -0.2) is 0 Å². The molecule has 0 aliphatic carbocycles. The van der Waals surface area contributed by atoms with E-state index in [4.69, 9.17) is 10.5 Å². The number of nitrogens with two attached hydrogens (primary N) is 1. The summed E-state index contributed by atoms with van der Waals surface area (Å²) in [5.74, 6) is 6.03. The Morgan fingerprint density at radius 1 is 1.32 bits per heavy atom. The molecule has 0 radical (unpaired) electrons. The second-order valence-corrected chi connectivity index (χ2v) is 3.71. The smallest absolute Gasteiger partial charge is 0.411 e. The fourth-order valence-electron chi connectivity index (χ4n) is 1.28. The van der Waals surface area contributed by atoms with E-state index in [1.54, 1.807) is 18.2 Å². The Hall–Kier alpha value is -1.71. The van der Waals surface area contributed by atoms with Crippen molar-refractivity contribution in [3.05, 3.63) is 29.3 Å². The third kappa shape index (κ3) is 6.13. The van der Waals surface area contributed by atoms with Crippen molar-refractivity contribution in [2.75, 3.05) is 19.9 Å². The van der Waals surface area contributed by atoms with Crippen LogP contribution in [-0.2, 0) is 4.74 Å². The Morgan fingerprint density at radius 3 is 2.63 bits per heavy atom. The molecule has 1 aromatic rings. The second-order valence-electron chi connectivity index (χ2n) is 3.71. The van der Waals surface area contributed by atoms with E-state index >= 15 is 0 Å². The summed E-state index contributed by atoms with van der Waals surface area (Å²) in [4.78, 5) is 0. The van der Waals surface area contributed by atoms with Crippen molar-refractivity contribution in [3.63, 3.8) is 0 Å². The van der Waals surface area contributed by atoms with Crippen molar-refractivity contribution in [2.24, 2.45) is 5.73 Å². The topological polar surface area (TPSA) is 44.5 Å². The van der Waals surface area contributed by atoms with Crippen LogP contribution in [0, 0.1) is 18.8 Å². The summed E-state index contributed by atoms with van der Waals surface area (Å²) in [5, 5.41) is 0. The molecule has 0 aliphatic rings. The van der Waals surface area contributed by atoms with Gasteiger partial charge in [-0.1, -0.05) is 11.8 Å². The van der Waals surface area contributed by atoms with Crippen LogP contribution in [0.3, 0.4) is 0 Å². The minimum Gasteiger partial charge on any atom is -0.468 e. The second kappa shape index (κ2) is 7.02. The monoisotopic (exact) mass is 273 g/mol. The SMILES string of the molecule is Cc1cc(OCOCC(F)(F)F)ccc1C#CCN. The van der Waals surface area contributed by atoms with Crippen molar-refractivity contribution in [1.29, 1.82) is 0 Å². The maximum absolute atomic E-state index is 11.8.